The van der Waals surface area contributed by atoms with Crippen molar-refractivity contribution in [1.82, 2.24) is 19.4 Å². The van der Waals surface area contributed by atoms with E-state index in [0.29, 0.717) is 22.1 Å². The Morgan fingerprint density at radius 3 is 2.79 bits per heavy atom. The predicted octanol–water partition coefficient (Wildman–Crippen LogP) is 3.72. The Bertz CT molecular complexity index is 1560. The van der Waals surface area contributed by atoms with Crippen molar-refractivity contribution in [2.45, 2.75) is 5.21 Å². The molecule has 0 radical (unpaired) electrons. The number of amides is 2. The van der Waals surface area contributed by atoms with Gasteiger partial charge in [0.15, 0.2) is 0 Å². The third-order valence-electron chi connectivity index (χ3n) is 5.54. The van der Waals surface area contributed by atoms with Crippen molar-refractivity contribution in [3.63, 3.8) is 0 Å². The molecule has 0 aliphatic heterocycles. The van der Waals surface area contributed by atoms with Crippen molar-refractivity contribution < 1.29 is 14.6 Å². The summed E-state index contributed by atoms with van der Waals surface area (Å²) in [5.41, 5.74) is 4.76. The maximum absolute atomic E-state index is 12.8. The summed E-state index contributed by atoms with van der Waals surface area (Å²) in [6.07, 6.45) is 9.25. The van der Waals surface area contributed by atoms with Gasteiger partial charge in [0.2, 0.25) is 0 Å². The molecule has 0 saturated heterocycles. The molecular formula is C27H24AsClN6O3. The summed E-state index contributed by atoms with van der Waals surface area (Å²) < 4.78 is 8.49. The Hall–Kier alpha value is -3.91. The van der Waals surface area contributed by atoms with Crippen LogP contribution in [0.4, 0.5) is 16.2 Å². The zero-order valence-electron chi connectivity index (χ0n) is 20.1. The fraction of sp³-hybridized carbons (Fsp3) is 0.111. The molecule has 9 nitrogen and oxygen atoms in total. The molecule has 2 aromatic carbocycles. The number of halogens is 1. The number of carbonyl (C=O) groups excluding carboxylic acids is 1. The number of nitrogens with one attached hydrogen (secondary N) is 2. The van der Waals surface area contributed by atoms with E-state index in [1.165, 1.54) is 5.56 Å². The van der Waals surface area contributed by atoms with Gasteiger partial charge in [0.1, 0.15) is 6.61 Å². The summed E-state index contributed by atoms with van der Waals surface area (Å²) in [5, 5.41) is 16.1. The van der Waals surface area contributed by atoms with E-state index in [2.05, 4.69) is 20.6 Å². The molecule has 192 valence electrons. The minimum atomic E-state index is -0.597. The smallest absolute Gasteiger partial charge is 0.393 e. The fourth-order valence-corrected chi connectivity index (χ4v) is 6.40. The second-order valence-electron chi connectivity index (χ2n) is 8.21. The van der Waals surface area contributed by atoms with E-state index < -0.39 is 21.8 Å². The molecule has 1 unspecified atom stereocenters. The number of aliphatic hydroxyl groups excluding tert-OH is 1. The van der Waals surface area contributed by atoms with Crippen molar-refractivity contribution in [2.75, 3.05) is 23.8 Å². The van der Waals surface area contributed by atoms with Crippen LogP contribution in [0.1, 0.15) is 5.56 Å². The molecule has 38 heavy (non-hydrogen) atoms. The fourth-order valence-electron chi connectivity index (χ4n) is 3.80. The van der Waals surface area contributed by atoms with E-state index in [-0.39, 0.29) is 13.2 Å². The quantitative estimate of drug-likeness (QED) is 0.226. The topological polar surface area (TPSA) is 114 Å². The number of aromatic nitrogens is 4. The number of benzene rings is 2. The van der Waals surface area contributed by atoms with E-state index >= 15 is 0 Å². The first-order valence-electron chi connectivity index (χ1n) is 11.8. The first kappa shape index (κ1) is 25.7. The van der Waals surface area contributed by atoms with E-state index in [1.807, 2.05) is 47.1 Å². The summed E-state index contributed by atoms with van der Waals surface area (Å²) in [7, 11) is 0. The minimum absolute atomic E-state index is 0.0986. The van der Waals surface area contributed by atoms with Crippen LogP contribution in [0.2, 0.25) is 5.02 Å². The van der Waals surface area contributed by atoms with Crippen LogP contribution < -0.4 is 19.9 Å². The number of ether oxygens (including phenoxy) is 1. The standard InChI is InChI=1S/C27H24AsClN6O3/c29-20-4-5-24(38-13-12-36)22(15-20)34-27(37)32-21-3-1-2-19(14-21)23-17-35-11-10-31-26(35)25(33-23)28-16-18-6-8-30-9-7-18/h1-11,14-15,17,28,36H,12-13,16H2,(H2,32,34,37). The summed E-state index contributed by atoms with van der Waals surface area (Å²) in [6.45, 7) is -0.0466. The van der Waals surface area contributed by atoms with Crippen LogP contribution in [0.5, 0.6) is 5.75 Å². The van der Waals surface area contributed by atoms with E-state index in [9.17, 15) is 4.79 Å². The van der Waals surface area contributed by atoms with Crippen molar-refractivity contribution in [3.8, 4) is 17.0 Å². The van der Waals surface area contributed by atoms with Crippen molar-refractivity contribution in [1.29, 1.82) is 0 Å². The molecule has 1 atom stereocenters. The Morgan fingerprint density at radius 2 is 1.95 bits per heavy atom. The van der Waals surface area contributed by atoms with Gasteiger partial charge in [0.25, 0.3) is 0 Å². The molecule has 0 bridgehead atoms. The van der Waals surface area contributed by atoms with Gasteiger partial charge in [-0.2, -0.15) is 0 Å². The van der Waals surface area contributed by atoms with Gasteiger partial charge in [0, 0.05) is 0 Å². The van der Waals surface area contributed by atoms with E-state index in [0.717, 1.165) is 26.6 Å². The number of hydrogen-bond donors (Lipinski definition) is 3. The Kier molecular flexibility index (Phi) is 8.18. The molecule has 0 aliphatic carbocycles. The molecule has 0 aliphatic rings. The van der Waals surface area contributed by atoms with Gasteiger partial charge in [-0.25, -0.2) is 0 Å². The molecule has 0 saturated carbocycles. The number of fused-ring (bicyclic) bond motifs is 1. The average molecular weight is 591 g/mol. The number of hydrogen-bond acceptors (Lipinski definition) is 6. The second kappa shape index (κ2) is 12.1. The van der Waals surface area contributed by atoms with Crippen molar-refractivity contribution in [3.05, 3.63) is 96.2 Å². The van der Waals surface area contributed by atoms with Crippen LogP contribution >= 0.6 is 11.6 Å². The van der Waals surface area contributed by atoms with Crippen molar-refractivity contribution in [2.24, 2.45) is 0 Å². The van der Waals surface area contributed by atoms with Crippen LogP contribution in [0.25, 0.3) is 16.9 Å². The zero-order valence-corrected chi connectivity index (χ0v) is 23.0. The summed E-state index contributed by atoms with van der Waals surface area (Å²) >= 11 is 5.50. The summed E-state index contributed by atoms with van der Waals surface area (Å²) in [4.78, 5) is 26.4. The number of imidazole rings is 1. The molecular weight excluding hydrogens is 567 g/mol. The number of nitrogens with zero attached hydrogens (tertiary/aromatic N) is 4. The Morgan fingerprint density at radius 1 is 1.08 bits per heavy atom. The molecule has 5 aromatic rings. The average Bonchev–Trinajstić information content (AvgIpc) is 3.41. The molecule has 3 N–H and O–H groups in total. The Labute approximate surface area is 230 Å². The number of rotatable bonds is 9. The van der Waals surface area contributed by atoms with Crippen molar-refractivity contribution >= 4 is 54.9 Å². The first-order valence-corrected chi connectivity index (χ1v) is 14.7. The predicted molar refractivity (Wildman–Crippen MR) is 150 cm³/mol. The number of urea groups is 1. The van der Waals surface area contributed by atoms with Crippen LogP contribution in [0, 0.1) is 0 Å². The van der Waals surface area contributed by atoms with Gasteiger partial charge in [0.05, 0.1) is 6.61 Å². The SMILES string of the molecule is O=C(Nc1cccc(-c2cn3ccnc3c([AsH]Cc3ccncc3)n2)c1)Nc1cc(Cl)ccc1OCCO. The summed E-state index contributed by atoms with van der Waals surface area (Å²) in [6, 6.07) is 16.0. The molecule has 2 amide bonds. The molecule has 0 fully saturated rings. The third kappa shape index (κ3) is 6.31. The van der Waals surface area contributed by atoms with Crippen LogP contribution in [0.15, 0.2) is 85.6 Å². The molecule has 5 rings (SSSR count). The van der Waals surface area contributed by atoms with Gasteiger partial charge >= 0.3 is 195 Å². The van der Waals surface area contributed by atoms with Gasteiger partial charge in [-0.05, 0) is 6.07 Å². The number of pyridine rings is 1. The first-order chi connectivity index (χ1) is 18.6. The van der Waals surface area contributed by atoms with E-state index in [1.54, 1.807) is 42.9 Å². The molecule has 11 heteroatoms. The van der Waals surface area contributed by atoms with Gasteiger partial charge < -0.3 is 5.11 Å². The normalized spacial score (nSPS) is 11.2. The minimum Gasteiger partial charge on any atom is -0.393 e. The van der Waals surface area contributed by atoms with Crippen LogP contribution in [-0.2, 0) is 5.21 Å². The second-order valence-corrected chi connectivity index (χ2v) is 11.1. The number of aliphatic hydroxyl groups is 1. The van der Waals surface area contributed by atoms with Gasteiger partial charge in [-0.1, -0.05) is 11.6 Å². The monoisotopic (exact) mass is 590 g/mol. The number of anilines is 2. The van der Waals surface area contributed by atoms with E-state index in [4.69, 9.17) is 26.4 Å². The zero-order chi connectivity index (χ0) is 26.3. The maximum atomic E-state index is 12.8. The molecule has 0 spiro atoms. The summed E-state index contributed by atoms with van der Waals surface area (Å²) in [5.74, 6) is 0.410. The molecule has 3 heterocycles. The molecule has 3 aromatic heterocycles. The Balaban J connectivity index is 1.34. The van der Waals surface area contributed by atoms with Crippen LogP contribution in [-0.4, -0.2) is 59.5 Å². The number of carbonyl (C=O) groups is 1. The van der Waals surface area contributed by atoms with Gasteiger partial charge in [-0.15, -0.1) is 0 Å². The van der Waals surface area contributed by atoms with Crippen LogP contribution in [0.3, 0.4) is 0 Å². The third-order valence-corrected chi connectivity index (χ3v) is 8.41. The van der Waals surface area contributed by atoms with Gasteiger partial charge in [-0.3, -0.25) is 0 Å².